The highest BCUT2D eigenvalue weighted by atomic mass is 35.5. The van der Waals surface area contributed by atoms with Gasteiger partial charge in [-0.2, -0.15) is 0 Å². The van der Waals surface area contributed by atoms with Gasteiger partial charge >= 0.3 is 6.03 Å². The fraction of sp³-hybridized carbons (Fsp3) is 0.188. The van der Waals surface area contributed by atoms with E-state index in [1.54, 1.807) is 0 Å². The lowest BCUT2D eigenvalue weighted by atomic mass is 10.1. The molecule has 27 heavy (non-hydrogen) atoms. The van der Waals surface area contributed by atoms with Crippen LogP contribution in [0.15, 0.2) is 24.4 Å². The maximum absolute atomic E-state index is 14.4. The molecule has 11 heteroatoms. The second-order valence-electron chi connectivity index (χ2n) is 5.41. The number of aromatic nitrogens is 1. The molecule has 0 spiro atoms. The van der Waals surface area contributed by atoms with Crippen LogP contribution in [-0.2, 0) is 4.79 Å². The summed E-state index contributed by atoms with van der Waals surface area (Å²) in [5, 5.41) is 2.28. The van der Waals surface area contributed by atoms with Gasteiger partial charge in [-0.15, -0.1) is 0 Å². The first kappa shape index (κ1) is 20.8. The number of halogens is 4. The van der Waals surface area contributed by atoms with Gasteiger partial charge in [0.1, 0.15) is 11.6 Å². The number of nitrogens with zero attached hydrogens (tertiary/aromatic N) is 1. The van der Waals surface area contributed by atoms with Crippen molar-refractivity contribution in [3.8, 4) is 11.1 Å². The average molecular weight is 418 g/mol. The van der Waals surface area contributed by atoms with E-state index in [1.165, 1.54) is 19.2 Å². The van der Waals surface area contributed by atoms with Gasteiger partial charge in [0.2, 0.25) is 0 Å². The molecule has 1 aromatic heterocycles. The molecule has 1 heterocycles. The summed E-state index contributed by atoms with van der Waals surface area (Å²) in [5.74, 6) is -2.09. The van der Waals surface area contributed by atoms with Crippen LogP contribution in [0.2, 0.25) is 10.0 Å². The van der Waals surface area contributed by atoms with Crippen LogP contribution in [0.5, 0.6) is 0 Å². The zero-order valence-electron chi connectivity index (χ0n) is 13.9. The van der Waals surface area contributed by atoms with Gasteiger partial charge in [-0.25, -0.2) is 19.0 Å². The van der Waals surface area contributed by atoms with E-state index >= 15 is 0 Å². The van der Waals surface area contributed by atoms with Crippen LogP contribution in [-0.4, -0.2) is 23.5 Å². The lowest BCUT2D eigenvalue weighted by Crippen LogP contribution is -2.49. The minimum Gasteiger partial charge on any atom is -0.329 e. The fourth-order valence-corrected chi connectivity index (χ4v) is 2.58. The Labute approximate surface area is 163 Å². The Morgan fingerprint density at radius 3 is 2.52 bits per heavy atom. The third-order valence-corrected chi connectivity index (χ3v) is 4.03. The summed E-state index contributed by atoms with van der Waals surface area (Å²) in [7, 11) is 0. The summed E-state index contributed by atoms with van der Waals surface area (Å²) in [6.45, 7) is 1.18. The van der Waals surface area contributed by atoms with E-state index in [0.29, 0.717) is 0 Å². The van der Waals surface area contributed by atoms with Crippen molar-refractivity contribution in [2.75, 3.05) is 6.54 Å². The summed E-state index contributed by atoms with van der Waals surface area (Å²) >= 11 is 11.7. The van der Waals surface area contributed by atoms with Crippen LogP contribution in [0.1, 0.15) is 18.7 Å². The third kappa shape index (κ3) is 5.25. The molecule has 0 radical (unpaired) electrons. The highest BCUT2D eigenvalue weighted by Gasteiger charge is 2.18. The second-order valence-corrected chi connectivity index (χ2v) is 6.23. The number of hydrazine groups is 1. The molecule has 144 valence electrons. The second kappa shape index (κ2) is 8.94. The third-order valence-electron chi connectivity index (χ3n) is 3.43. The first-order valence-electron chi connectivity index (χ1n) is 7.58. The largest absolute Gasteiger partial charge is 0.334 e. The molecule has 0 bridgehead atoms. The molecule has 7 nitrogen and oxygen atoms in total. The number of nitrogens with one attached hydrogen (secondary N) is 3. The van der Waals surface area contributed by atoms with Crippen LogP contribution in [0, 0.1) is 11.6 Å². The lowest BCUT2D eigenvalue weighted by Gasteiger charge is -2.16. The van der Waals surface area contributed by atoms with Crippen molar-refractivity contribution in [3.63, 3.8) is 0 Å². The monoisotopic (exact) mass is 417 g/mol. The van der Waals surface area contributed by atoms with Crippen molar-refractivity contribution in [1.29, 1.82) is 0 Å². The summed E-state index contributed by atoms with van der Waals surface area (Å²) in [6, 6.07) is 1.92. The van der Waals surface area contributed by atoms with Crippen molar-refractivity contribution < 1.29 is 18.4 Å². The predicted molar refractivity (Wildman–Crippen MR) is 96.9 cm³/mol. The number of urea groups is 1. The van der Waals surface area contributed by atoms with E-state index in [1.807, 2.05) is 5.43 Å². The van der Waals surface area contributed by atoms with E-state index < -0.39 is 29.6 Å². The molecule has 0 aliphatic heterocycles. The summed E-state index contributed by atoms with van der Waals surface area (Å²) in [5.41, 5.74) is 9.51. The number of carbonyl (C=O) groups is 2. The quantitative estimate of drug-likeness (QED) is 0.452. The van der Waals surface area contributed by atoms with Gasteiger partial charge in [-0.1, -0.05) is 23.2 Å². The molecule has 5 N–H and O–H groups in total. The van der Waals surface area contributed by atoms with Gasteiger partial charge in [-0.05, 0) is 25.1 Å². The Morgan fingerprint density at radius 2 is 1.89 bits per heavy atom. The van der Waals surface area contributed by atoms with Crippen LogP contribution in [0.3, 0.4) is 0 Å². The Morgan fingerprint density at radius 1 is 1.19 bits per heavy atom. The Balaban J connectivity index is 2.17. The predicted octanol–water partition coefficient (Wildman–Crippen LogP) is 2.68. The van der Waals surface area contributed by atoms with Gasteiger partial charge in [0.15, 0.2) is 0 Å². The molecule has 0 aliphatic carbocycles. The number of benzene rings is 1. The number of nitrogens with two attached hydrogens (primary N) is 1. The van der Waals surface area contributed by atoms with Crippen molar-refractivity contribution in [2.24, 2.45) is 5.73 Å². The van der Waals surface area contributed by atoms with E-state index in [4.69, 9.17) is 28.9 Å². The van der Waals surface area contributed by atoms with Crippen molar-refractivity contribution in [2.45, 2.75) is 13.0 Å². The molecule has 1 atom stereocenters. The molecule has 0 saturated heterocycles. The highest BCUT2D eigenvalue weighted by Crippen LogP contribution is 2.33. The summed E-state index contributed by atoms with van der Waals surface area (Å²) < 4.78 is 28.2. The zero-order valence-corrected chi connectivity index (χ0v) is 15.5. The van der Waals surface area contributed by atoms with Gasteiger partial charge in [0.25, 0.3) is 5.91 Å². The molecule has 3 amide bonds. The van der Waals surface area contributed by atoms with Crippen LogP contribution < -0.4 is 21.9 Å². The van der Waals surface area contributed by atoms with Crippen LogP contribution in [0.4, 0.5) is 13.6 Å². The van der Waals surface area contributed by atoms with E-state index in [-0.39, 0.29) is 33.4 Å². The summed E-state index contributed by atoms with van der Waals surface area (Å²) in [4.78, 5) is 26.6. The van der Waals surface area contributed by atoms with Crippen molar-refractivity contribution >= 4 is 35.1 Å². The number of hydrogen-bond donors (Lipinski definition) is 4. The minimum atomic E-state index is -0.833. The van der Waals surface area contributed by atoms with Gasteiger partial charge in [0, 0.05) is 22.3 Å². The van der Waals surface area contributed by atoms with Gasteiger partial charge in [-0.3, -0.25) is 15.2 Å². The van der Waals surface area contributed by atoms with Crippen LogP contribution >= 0.6 is 23.2 Å². The molecule has 0 aliphatic rings. The molecule has 2 aromatic rings. The number of rotatable bonds is 4. The Bertz CT molecular complexity index is 882. The SMILES string of the molecule is C[C@@H](NC(=O)NNC(=O)CN)c1ncc(-c2cc(Cl)cc(F)c2Cl)cc1F. The molecule has 0 saturated carbocycles. The normalized spacial score (nSPS) is 11.6. The molecule has 1 aromatic carbocycles. The van der Waals surface area contributed by atoms with Gasteiger partial charge < -0.3 is 11.1 Å². The smallest absolute Gasteiger partial charge is 0.329 e. The summed E-state index contributed by atoms with van der Waals surface area (Å²) in [6.07, 6.45) is 1.28. The van der Waals surface area contributed by atoms with E-state index in [9.17, 15) is 18.4 Å². The number of amides is 3. The standard InChI is InChI=1S/C16H15Cl2F2N5O2/c1-7(23-16(27)25-24-13(26)5-21)15-12(20)2-8(6-22-15)10-3-9(17)4-11(19)14(10)18/h2-4,6-7H,5,21H2,1H3,(H,24,26)(H2,23,25,27)/t7-/m1/s1. The first-order valence-corrected chi connectivity index (χ1v) is 8.34. The number of hydrogen-bond acceptors (Lipinski definition) is 4. The van der Waals surface area contributed by atoms with Crippen molar-refractivity contribution in [1.82, 2.24) is 21.2 Å². The topological polar surface area (TPSA) is 109 Å². The van der Waals surface area contributed by atoms with Crippen LogP contribution in [0.25, 0.3) is 11.1 Å². The number of carbonyl (C=O) groups excluding carboxylic acids is 2. The highest BCUT2D eigenvalue weighted by molar-refractivity contribution is 6.35. The zero-order chi connectivity index (χ0) is 20.1. The van der Waals surface area contributed by atoms with Gasteiger partial charge in [0.05, 0.1) is 23.3 Å². The average Bonchev–Trinajstić information content (AvgIpc) is 2.62. The molecule has 0 unspecified atom stereocenters. The van der Waals surface area contributed by atoms with Crippen molar-refractivity contribution in [3.05, 3.63) is 51.8 Å². The van der Waals surface area contributed by atoms with E-state index in [2.05, 4.69) is 15.7 Å². The molecule has 0 fully saturated rings. The first-order chi connectivity index (χ1) is 12.7. The molecule has 2 rings (SSSR count). The number of pyridine rings is 1. The van der Waals surface area contributed by atoms with E-state index in [0.717, 1.165) is 12.1 Å². The lowest BCUT2D eigenvalue weighted by molar-refractivity contribution is -0.120. The molecular weight excluding hydrogens is 403 g/mol. The Hall–Kier alpha value is -2.49. The minimum absolute atomic E-state index is 0.0716. The Kier molecular flexibility index (Phi) is 6.89. The fourth-order valence-electron chi connectivity index (χ4n) is 2.16. The maximum Gasteiger partial charge on any atom is 0.334 e. The molecular formula is C16H15Cl2F2N5O2. The maximum atomic E-state index is 14.4.